The van der Waals surface area contributed by atoms with Gasteiger partial charge in [0, 0.05) is 0 Å². The summed E-state index contributed by atoms with van der Waals surface area (Å²) in [6.45, 7) is 4.05. The molecule has 4 N–H and O–H groups in total. The minimum atomic E-state index is -0.722. The van der Waals surface area contributed by atoms with Crippen molar-refractivity contribution in [3.8, 4) is 0 Å². The largest absolute Gasteiger partial charge is 0.394 e. The molecule has 16 heavy (non-hydrogen) atoms. The van der Waals surface area contributed by atoms with Crippen molar-refractivity contribution in [3.05, 3.63) is 0 Å². The summed E-state index contributed by atoms with van der Waals surface area (Å²) in [5.41, 5.74) is 5.44. The van der Waals surface area contributed by atoms with Gasteiger partial charge in [-0.2, -0.15) is 0 Å². The maximum Gasteiger partial charge on any atom is 0.240 e. The van der Waals surface area contributed by atoms with Gasteiger partial charge in [-0.1, -0.05) is 26.7 Å². The third kappa shape index (κ3) is 3.19. The molecule has 0 aromatic heterocycles. The van der Waals surface area contributed by atoms with Crippen LogP contribution in [0.3, 0.4) is 0 Å². The van der Waals surface area contributed by atoms with Gasteiger partial charge in [0.1, 0.15) is 0 Å². The van der Waals surface area contributed by atoms with Crippen LogP contribution in [0.15, 0.2) is 0 Å². The lowest BCUT2D eigenvalue weighted by molar-refractivity contribution is -0.129. The predicted molar refractivity (Wildman–Crippen MR) is 63.9 cm³/mol. The number of carbonyl (C=O) groups is 1. The molecule has 4 heteroatoms. The molecule has 1 fully saturated rings. The van der Waals surface area contributed by atoms with Crippen molar-refractivity contribution in [1.29, 1.82) is 0 Å². The van der Waals surface area contributed by atoms with Crippen molar-refractivity contribution >= 4 is 5.91 Å². The molecule has 1 amide bonds. The molecule has 0 heterocycles. The summed E-state index contributed by atoms with van der Waals surface area (Å²) in [5, 5.41) is 11.9. The van der Waals surface area contributed by atoms with Gasteiger partial charge in [-0.15, -0.1) is 0 Å². The summed E-state index contributed by atoms with van der Waals surface area (Å²) >= 11 is 0. The number of amides is 1. The molecule has 0 bridgehead atoms. The molecule has 1 saturated carbocycles. The second kappa shape index (κ2) is 5.64. The summed E-state index contributed by atoms with van der Waals surface area (Å²) in [5.74, 6) is 0.415. The first kappa shape index (κ1) is 13.5. The van der Waals surface area contributed by atoms with E-state index in [4.69, 9.17) is 10.8 Å². The van der Waals surface area contributed by atoms with Gasteiger partial charge >= 0.3 is 0 Å². The van der Waals surface area contributed by atoms with Crippen LogP contribution in [-0.4, -0.2) is 29.2 Å². The average Bonchev–Trinajstić information content (AvgIpc) is 2.25. The summed E-state index contributed by atoms with van der Waals surface area (Å²) < 4.78 is 0. The third-order valence-electron chi connectivity index (χ3n) is 3.53. The van der Waals surface area contributed by atoms with Crippen molar-refractivity contribution in [2.45, 2.75) is 57.5 Å². The van der Waals surface area contributed by atoms with Gasteiger partial charge < -0.3 is 16.2 Å². The number of nitrogens with two attached hydrogens (primary N) is 1. The Bertz CT molecular complexity index is 241. The Morgan fingerprint density at radius 2 is 2.38 bits per heavy atom. The van der Waals surface area contributed by atoms with E-state index in [0.717, 1.165) is 32.1 Å². The molecule has 0 spiro atoms. The maximum absolute atomic E-state index is 12.0. The molecule has 1 rings (SSSR count). The van der Waals surface area contributed by atoms with E-state index < -0.39 is 5.54 Å². The Morgan fingerprint density at radius 3 is 2.88 bits per heavy atom. The highest BCUT2D eigenvalue weighted by molar-refractivity contribution is 5.86. The van der Waals surface area contributed by atoms with E-state index in [1.165, 1.54) is 0 Å². The zero-order valence-corrected chi connectivity index (χ0v) is 10.3. The van der Waals surface area contributed by atoms with E-state index in [9.17, 15) is 4.79 Å². The van der Waals surface area contributed by atoms with Gasteiger partial charge in [-0.05, 0) is 25.2 Å². The second-order valence-electron chi connectivity index (χ2n) is 5.12. The number of carbonyl (C=O) groups excluding carboxylic acids is 1. The fourth-order valence-electron chi connectivity index (χ4n) is 2.40. The van der Waals surface area contributed by atoms with E-state index in [1.54, 1.807) is 0 Å². The molecule has 94 valence electrons. The number of rotatable bonds is 4. The summed E-state index contributed by atoms with van der Waals surface area (Å²) in [6, 6.07) is -0.162. The second-order valence-corrected chi connectivity index (χ2v) is 5.12. The van der Waals surface area contributed by atoms with Gasteiger partial charge in [0.15, 0.2) is 0 Å². The smallest absolute Gasteiger partial charge is 0.240 e. The normalized spacial score (nSPS) is 32.1. The molecule has 1 aliphatic rings. The lowest BCUT2D eigenvalue weighted by Crippen LogP contribution is -2.58. The molecular formula is C12H24N2O2. The summed E-state index contributed by atoms with van der Waals surface area (Å²) in [6.07, 6.45) is 4.41. The first-order valence-electron chi connectivity index (χ1n) is 6.22. The molecule has 3 unspecified atom stereocenters. The lowest BCUT2D eigenvalue weighted by atomic mass is 9.76. The van der Waals surface area contributed by atoms with Gasteiger partial charge in [-0.3, -0.25) is 4.79 Å². The molecule has 0 saturated heterocycles. The van der Waals surface area contributed by atoms with Crippen LogP contribution >= 0.6 is 0 Å². The van der Waals surface area contributed by atoms with E-state index in [0.29, 0.717) is 5.92 Å². The zero-order chi connectivity index (χ0) is 12.2. The highest BCUT2D eigenvalue weighted by Crippen LogP contribution is 2.30. The predicted octanol–water partition coefficient (Wildman–Crippen LogP) is 0.781. The number of hydrogen-bond acceptors (Lipinski definition) is 3. The Kier molecular flexibility index (Phi) is 4.74. The minimum absolute atomic E-state index is 0.0200. The first-order chi connectivity index (χ1) is 7.51. The highest BCUT2D eigenvalue weighted by atomic mass is 16.3. The quantitative estimate of drug-likeness (QED) is 0.665. The Morgan fingerprint density at radius 1 is 1.69 bits per heavy atom. The molecule has 3 atom stereocenters. The molecule has 0 aliphatic heterocycles. The van der Waals surface area contributed by atoms with Crippen molar-refractivity contribution < 1.29 is 9.90 Å². The number of nitrogens with one attached hydrogen (secondary N) is 1. The maximum atomic E-state index is 12.0. The van der Waals surface area contributed by atoms with Crippen molar-refractivity contribution in [2.24, 2.45) is 11.7 Å². The third-order valence-corrected chi connectivity index (χ3v) is 3.53. The molecule has 4 nitrogen and oxygen atoms in total. The number of aliphatic hydroxyl groups is 1. The van der Waals surface area contributed by atoms with Crippen molar-refractivity contribution in [3.63, 3.8) is 0 Å². The summed E-state index contributed by atoms with van der Waals surface area (Å²) in [4.78, 5) is 12.0. The molecular weight excluding hydrogens is 204 g/mol. The Hall–Kier alpha value is -0.610. The number of hydrogen-bond donors (Lipinski definition) is 3. The van der Waals surface area contributed by atoms with Crippen LogP contribution in [0.25, 0.3) is 0 Å². The summed E-state index contributed by atoms with van der Waals surface area (Å²) in [7, 11) is 0. The molecule has 0 radical (unpaired) electrons. The molecule has 1 aliphatic carbocycles. The van der Waals surface area contributed by atoms with E-state index in [1.807, 2.05) is 6.92 Å². The standard InChI is InChI=1S/C12H24N2O2/c1-3-10(8-15)14-11(16)12(13)6-4-5-9(2)7-12/h9-10,15H,3-8,13H2,1-2H3,(H,14,16). The van der Waals surface area contributed by atoms with Crippen LogP contribution in [0, 0.1) is 5.92 Å². The monoisotopic (exact) mass is 228 g/mol. The van der Waals surface area contributed by atoms with Gasteiger partial charge in [0.05, 0.1) is 18.2 Å². The average molecular weight is 228 g/mol. The van der Waals surface area contributed by atoms with Crippen LogP contribution in [0.1, 0.15) is 46.0 Å². The van der Waals surface area contributed by atoms with E-state index >= 15 is 0 Å². The lowest BCUT2D eigenvalue weighted by Gasteiger charge is -2.36. The van der Waals surface area contributed by atoms with Crippen LogP contribution in [0.2, 0.25) is 0 Å². The Labute approximate surface area is 97.6 Å². The highest BCUT2D eigenvalue weighted by Gasteiger charge is 2.38. The van der Waals surface area contributed by atoms with Gasteiger partial charge in [0.2, 0.25) is 5.91 Å². The minimum Gasteiger partial charge on any atom is -0.394 e. The number of aliphatic hydroxyl groups excluding tert-OH is 1. The van der Waals surface area contributed by atoms with Gasteiger partial charge in [0.25, 0.3) is 0 Å². The van der Waals surface area contributed by atoms with Crippen LogP contribution in [0.5, 0.6) is 0 Å². The van der Waals surface area contributed by atoms with Crippen molar-refractivity contribution in [1.82, 2.24) is 5.32 Å². The van der Waals surface area contributed by atoms with Crippen LogP contribution in [0.4, 0.5) is 0 Å². The topological polar surface area (TPSA) is 75.3 Å². The first-order valence-corrected chi connectivity index (χ1v) is 6.22. The van der Waals surface area contributed by atoms with Crippen LogP contribution < -0.4 is 11.1 Å². The van der Waals surface area contributed by atoms with Crippen molar-refractivity contribution in [2.75, 3.05) is 6.61 Å². The molecule has 0 aromatic carbocycles. The zero-order valence-electron chi connectivity index (χ0n) is 10.3. The van der Waals surface area contributed by atoms with E-state index in [2.05, 4.69) is 12.2 Å². The molecule has 0 aromatic rings. The fraction of sp³-hybridized carbons (Fsp3) is 0.917. The van der Waals surface area contributed by atoms with Gasteiger partial charge in [-0.25, -0.2) is 0 Å². The Balaban J connectivity index is 2.57. The van der Waals surface area contributed by atoms with E-state index in [-0.39, 0.29) is 18.6 Å². The SMILES string of the molecule is CCC(CO)NC(=O)C1(N)CCCC(C)C1. The van der Waals surface area contributed by atoms with Crippen LogP contribution in [-0.2, 0) is 4.79 Å². The fourth-order valence-corrected chi connectivity index (χ4v) is 2.40.